The fourth-order valence-electron chi connectivity index (χ4n) is 1.59. The van der Waals surface area contributed by atoms with Gasteiger partial charge in [-0.25, -0.2) is 0 Å². The standard InChI is InChI=1S/C12H25NO/c1-4-7-8-9-12(14)13(10-5-2)11-6-3/h4-11H2,1-3H3. The van der Waals surface area contributed by atoms with Crippen molar-refractivity contribution in [3.8, 4) is 0 Å². The van der Waals surface area contributed by atoms with Gasteiger partial charge in [0.25, 0.3) is 0 Å². The minimum absolute atomic E-state index is 0.349. The predicted octanol–water partition coefficient (Wildman–Crippen LogP) is 3.22. The van der Waals surface area contributed by atoms with E-state index in [-0.39, 0.29) is 0 Å². The van der Waals surface area contributed by atoms with E-state index in [1.165, 1.54) is 12.8 Å². The average Bonchev–Trinajstić information content (AvgIpc) is 2.18. The molecule has 0 aliphatic rings. The minimum atomic E-state index is 0.349. The zero-order valence-corrected chi connectivity index (χ0v) is 10.0. The molecule has 0 saturated heterocycles. The van der Waals surface area contributed by atoms with Gasteiger partial charge < -0.3 is 4.90 Å². The molecule has 0 aliphatic carbocycles. The normalized spacial score (nSPS) is 10.2. The second kappa shape index (κ2) is 9.04. The molecule has 0 aliphatic heterocycles. The highest BCUT2D eigenvalue weighted by Gasteiger charge is 2.10. The molecule has 0 aromatic rings. The zero-order valence-electron chi connectivity index (χ0n) is 10.0. The summed E-state index contributed by atoms with van der Waals surface area (Å²) in [7, 11) is 0. The molecule has 0 radical (unpaired) electrons. The number of nitrogens with zero attached hydrogens (tertiary/aromatic N) is 1. The van der Waals surface area contributed by atoms with E-state index >= 15 is 0 Å². The topological polar surface area (TPSA) is 20.3 Å². The SMILES string of the molecule is CCCCCC(=O)N(CCC)CCC. The summed E-state index contributed by atoms with van der Waals surface area (Å²) in [6.45, 7) is 8.28. The van der Waals surface area contributed by atoms with Crippen LogP contribution >= 0.6 is 0 Å². The summed E-state index contributed by atoms with van der Waals surface area (Å²) in [5, 5.41) is 0. The Balaban J connectivity index is 3.76. The van der Waals surface area contributed by atoms with E-state index in [1.54, 1.807) is 0 Å². The van der Waals surface area contributed by atoms with E-state index in [2.05, 4.69) is 20.8 Å². The van der Waals surface area contributed by atoms with Crippen molar-refractivity contribution in [2.75, 3.05) is 13.1 Å². The van der Waals surface area contributed by atoms with E-state index in [0.717, 1.165) is 38.8 Å². The van der Waals surface area contributed by atoms with Crippen LogP contribution in [0.5, 0.6) is 0 Å². The molecule has 0 spiro atoms. The number of unbranched alkanes of at least 4 members (excludes halogenated alkanes) is 2. The molecule has 84 valence electrons. The van der Waals surface area contributed by atoms with Crippen LogP contribution in [0.4, 0.5) is 0 Å². The molecular weight excluding hydrogens is 174 g/mol. The number of amides is 1. The molecule has 0 rings (SSSR count). The van der Waals surface area contributed by atoms with E-state index < -0.39 is 0 Å². The number of carbonyl (C=O) groups is 1. The highest BCUT2D eigenvalue weighted by atomic mass is 16.2. The quantitative estimate of drug-likeness (QED) is 0.550. The van der Waals surface area contributed by atoms with Crippen LogP contribution < -0.4 is 0 Å². The Morgan fingerprint density at radius 3 is 1.93 bits per heavy atom. The lowest BCUT2D eigenvalue weighted by atomic mass is 10.2. The van der Waals surface area contributed by atoms with E-state index in [9.17, 15) is 4.79 Å². The Morgan fingerprint density at radius 1 is 0.929 bits per heavy atom. The van der Waals surface area contributed by atoms with Crippen LogP contribution in [0.3, 0.4) is 0 Å². The maximum atomic E-state index is 11.7. The molecule has 0 atom stereocenters. The maximum Gasteiger partial charge on any atom is 0.222 e. The molecular formula is C12H25NO. The molecule has 0 N–H and O–H groups in total. The maximum absolute atomic E-state index is 11.7. The first-order valence-corrected chi connectivity index (χ1v) is 6.04. The van der Waals surface area contributed by atoms with Crippen molar-refractivity contribution in [1.29, 1.82) is 0 Å². The molecule has 0 aromatic heterocycles. The van der Waals surface area contributed by atoms with Gasteiger partial charge in [0.05, 0.1) is 0 Å². The van der Waals surface area contributed by atoms with Gasteiger partial charge in [0.2, 0.25) is 5.91 Å². The van der Waals surface area contributed by atoms with Crippen LogP contribution in [-0.2, 0) is 4.79 Å². The summed E-state index contributed by atoms with van der Waals surface area (Å²) in [4.78, 5) is 13.7. The third-order valence-electron chi connectivity index (χ3n) is 2.33. The van der Waals surface area contributed by atoms with Crippen molar-refractivity contribution in [1.82, 2.24) is 4.90 Å². The van der Waals surface area contributed by atoms with Crippen LogP contribution in [-0.4, -0.2) is 23.9 Å². The van der Waals surface area contributed by atoms with Crippen molar-refractivity contribution >= 4 is 5.91 Å². The van der Waals surface area contributed by atoms with Crippen molar-refractivity contribution < 1.29 is 4.79 Å². The molecule has 0 aromatic carbocycles. The van der Waals surface area contributed by atoms with Crippen LogP contribution in [0.15, 0.2) is 0 Å². The van der Waals surface area contributed by atoms with Crippen LogP contribution in [0.1, 0.15) is 59.3 Å². The summed E-state index contributed by atoms with van der Waals surface area (Å²) in [5.74, 6) is 0.349. The van der Waals surface area contributed by atoms with Gasteiger partial charge in [-0.1, -0.05) is 33.6 Å². The lowest BCUT2D eigenvalue weighted by molar-refractivity contribution is -0.131. The Hall–Kier alpha value is -0.530. The number of hydrogen-bond acceptors (Lipinski definition) is 1. The second-order valence-corrected chi connectivity index (χ2v) is 3.84. The summed E-state index contributed by atoms with van der Waals surface area (Å²) >= 11 is 0. The highest BCUT2D eigenvalue weighted by molar-refractivity contribution is 5.76. The van der Waals surface area contributed by atoms with Gasteiger partial charge in [-0.2, -0.15) is 0 Å². The summed E-state index contributed by atoms with van der Waals surface area (Å²) < 4.78 is 0. The first-order valence-electron chi connectivity index (χ1n) is 6.04. The van der Waals surface area contributed by atoms with Gasteiger partial charge in [-0.3, -0.25) is 4.79 Å². The summed E-state index contributed by atoms with van der Waals surface area (Å²) in [6.07, 6.45) is 6.30. The lowest BCUT2D eigenvalue weighted by Crippen LogP contribution is -2.32. The second-order valence-electron chi connectivity index (χ2n) is 3.84. The molecule has 0 saturated carbocycles. The minimum Gasteiger partial charge on any atom is -0.343 e. The Kier molecular flexibility index (Phi) is 8.70. The summed E-state index contributed by atoms with van der Waals surface area (Å²) in [6, 6.07) is 0. The number of hydrogen-bond donors (Lipinski definition) is 0. The largest absolute Gasteiger partial charge is 0.343 e. The molecule has 14 heavy (non-hydrogen) atoms. The van der Waals surface area contributed by atoms with Crippen molar-refractivity contribution in [3.63, 3.8) is 0 Å². The summed E-state index contributed by atoms with van der Waals surface area (Å²) in [5.41, 5.74) is 0. The van der Waals surface area contributed by atoms with Gasteiger partial charge in [-0.05, 0) is 19.3 Å². The molecule has 0 unspecified atom stereocenters. The fraction of sp³-hybridized carbons (Fsp3) is 0.917. The molecule has 0 fully saturated rings. The van der Waals surface area contributed by atoms with Crippen molar-refractivity contribution in [2.24, 2.45) is 0 Å². The monoisotopic (exact) mass is 199 g/mol. The smallest absolute Gasteiger partial charge is 0.222 e. The fourth-order valence-corrected chi connectivity index (χ4v) is 1.59. The van der Waals surface area contributed by atoms with Crippen LogP contribution in [0.2, 0.25) is 0 Å². The van der Waals surface area contributed by atoms with Crippen molar-refractivity contribution in [3.05, 3.63) is 0 Å². The molecule has 1 amide bonds. The van der Waals surface area contributed by atoms with E-state index in [0.29, 0.717) is 5.91 Å². The predicted molar refractivity (Wildman–Crippen MR) is 61.3 cm³/mol. The Labute approximate surface area is 88.7 Å². The van der Waals surface area contributed by atoms with Crippen LogP contribution in [0.25, 0.3) is 0 Å². The third-order valence-corrected chi connectivity index (χ3v) is 2.33. The lowest BCUT2D eigenvalue weighted by Gasteiger charge is -2.21. The molecule has 2 heteroatoms. The third kappa shape index (κ3) is 6.01. The van der Waals surface area contributed by atoms with Crippen molar-refractivity contribution in [2.45, 2.75) is 59.3 Å². The Bertz CT molecular complexity index is 139. The van der Waals surface area contributed by atoms with Gasteiger partial charge in [0.1, 0.15) is 0 Å². The van der Waals surface area contributed by atoms with Crippen LogP contribution in [0, 0.1) is 0 Å². The molecule has 0 bridgehead atoms. The van der Waals surface area contributed by atoms with E-state index in [4.69, 9.17) is 0 Å². The van der Waals surface area contributed by atoms with Gasteiger partial charge in [0, 0.05) is 19.5 Å². The van der Waals surface area contributed by atoms with Gasteiger partial charge >= 0.3 is 0 Å². The highest BCUT2D eigenvalue weighted by Crippen LogP contribution is 2.04. The number of carbonyl (C=O) groups excluding carboxylic acids is 1. The first-order chi connectivity index (χ1) is 6.76. The van der Waals surface area contributed by atoms with Gasteiger partial charge in [-0.15, -0.1) is 0 Å². The molecule has 0 heterocycles. The average molecular weight is 199 g/mol. The number of rotatable bonds is 8. The first kappa shape index (κ1) is 13.5. The van der Waals surface area contributed by atoms with Gasteiger partial charge in [0.15, 0.2) is 0 Å². The molecule has 2 nitrogen and oxygen atoms in total. The van der Waals surface area contributed by atoms with E-state index in [1.807, 2.05) is 4.90 Å². The zero-order chi connectivity index (χ0) is 10.8. The Morgan fingerprint density at radius 2 is 1.50 bits per heavy atom.